The van der Waals surface area contributed by atoms with Gasteiger partial charge in [-0.25, -0.2) is 0 Å². The molecule has 142 valence electrons. The van der Waals surface area contributed by atoms with E-state index in [0.717, 1.165) is 29.8 Å². The molecule has 1 N–H and O–H groups in total. The van der Waals surface area contributed by atoms with E-state index in [1.165, 1.54) is 10.4 Å². The van der Waals surface area contributed by atoms with Gasteiger partial charge < -0.3 is 10.2 Å². The molecule has 0 atom stereocenters. The number of hydrogen-bond acceptors (Lipinski definition) is 3. The molecule has 2 amide bonds. The number of anilines is 1. The third-order valence-corrected chi connectivity index (χ3v) is 6.03. The molecule has 0 unspecified atom stereocenters. The normalized spacial score (nSPS) is 13.1. The van der Waals surface area contributed by atoms with Crippen molar-refractivity contribution in [2.45, 2.75) is 25.8 Å². The standard InChI is InChI=1S/C23H22N2O2S/c26-22(10-11-23(27)25-14-12-21-19(16-25)13-15-28-21)24-20-8-6-18(7-9-20)17-4-2-1-3-5-17/h1-9,13,15H,10-12,14,16H2,(H,24,26). The number of nitrogens with zero attached hydrogens (tertiary/aromatic N) is 1. The lowest BCUT2D eigenvalue weighted by molar-refractivity contribution is -0.133. The Bertz CT molecular complexity index is 964. The summed E-state index contributed by atoms with van der Waals surface area (Å²) in [7, 11) is 0. The summed E-state index contributed by atoms with van der Waals surface area (Å²) in [6.07, 6.45) is 1.36. The Morgan fingerprint density at radius 1 is 0.929 bits per heavy atom. The first-order chi connectivity index (χ1) is 13.7. The van der Waals surface area contributed by atoms with Crippen LogP contribution in [0, 0.1) is 0 Å². The third-order valence-electron chi connectivity index (χ3n) is 5.00. The van der Waals surface area contributed by atoms with E-state index < -0.39 is 0 Å². The van der Waals surface area contributed by atoms with E-state index in [0.29, 0.717) is 6.54 Å². The van der Waals surface area contributed by atoms with Crippen LogP contribution in [0.25, 0.3) is 11.1 Å². The smallest absolute Gasteiger partial charge is 0.224 e. The molecule has 0 aliphatic carbocycles. The highest BCUT2D eigenvalue weighted by atomic mass is 32.1. The van der Waals surface area contributed by atoms with Crippen LogP contribution >= 0.6 is 11.3 Å². The molecule has 5 heteroatoms. The van der Waals surface area contributed by atoms with E-state index in [9.17, 15) is 9.59 Å². The Morgan fingerprint density at radius 2 is 1.68 bits per heavy atom. The first-order valence-electron chi connectivity index (χ1n) is 9.47. The highest BCUT2D eigenvalue weighted by Gasteiger charge is 2.21. The van der Waals surface area contributed by atoms with Gasteiger partial charge in [-0.3, -0.25) is 9.59 Å². The van der Waals surface area contributed by atoms with Crippen molar-refractivity contribution in [3.8, 4) is 11.1 Å². The van der Waals surface area contributed by atoms with Crippen LogP contribution in [0.3, 0.4) is 0 Å². The van der Waals surface area contributed by atoms with Gasteiger partial charge in [-0.2, -0.15) is 0 Å². The summed E-state index contributed by atoms with van der Waals surface area (Å²) in [6, 6.07) is 20.0. The Balaban J connectivity index is 1.27. The summed E-state index contributed by atoms with van der Waals surface area (Å²) in [6.45, 7) is 1.41. The minimum atomic E-state index is -0.131. The fourth-order valence-electron chi connectivity index (χ4n) is 3.44. The Kier molecular flexibility index (Phi) is 5.53. The predicted molar refractivity (Wildman–Crippen MR) is 113 cm³/mol. The van der Waals surface area contributed by atoms with E-state index in [1.54, 1.807) is 11.3 Å². The topological polar surface area (TPSA) is 49.4 Å². The van der Waals surface area contributed by atoms with Gasteiger partial charge >= 0.3 is 0 Å². The lowest BCUT2D eigenvalue weighted by Crippen LogP contribution is -2.35. The van der Waals surface area contributed by atoms with E-state index in [2.05, 4.69) is 28.9 Å². The van der Waals surface area contributed by atoms with Crippen LogP contribution in [0.2, 0.25) is 0 Å². The van der Waals surface area contributed by atoms with Gasteiger partial charge in [0, 0.05) is 36.5 Å². The summed E-state index contributed by atoms with van der Waals surface area (Å²) in [5.41, 5.74) is 4.23. The summed E-state index contributed by atoms with van der Waals surface area (Å²) < 4.78 is 0. The van der Waals surface area contributed by atoms with Crippen LogP contribution in [0.1, 0.15) is 23.3 Å². The fourth-order valence-corrected chi connectivity index (χ4v) is 4.33. The fraction of sp³-hybridized carbons (Fsp3) is 0.217. The highest BCUT2D eigenvalue weighted by molar-refractivity contribution is 7.10. The van der Waals surface area contributed by atoms with E-state index >= 15 is 0 Å². The number of rotatable bonds is 5. The maximum Gasteiger partial charge on any atom is 0.224 e. The number of fused-ring (bicyclic) bond motifs is 1. The lowest BCUT2D eigenvalue weighted by Gasteiger charge is -2.27. The number of carbonyl (C=O) groups excluding carboxylic acids is 2. The second kappa shape index (κ2) is 8.40. The zero-order chi connectivity index (χ0) is 19.3. The number of nitrogens with one attached hydrogen (secondary N) is 1. The quantitative estimate of drug-likeness (QED) is 0.685. The summed E-state index contributed by atoms with van der Waals surface area (Å²) >= 11 is 1.76. The Labute approximate surface area is 168 Å². The van der Waals surface area contributed by atoms with Gasteiger partial charge in [-0.1, -0.05) is 42.5 Å². The molecule has 3 aromatic rings. The predicted octanol–water partition coefficient (Wildman–Crippen LogP) is 4.72. The van der Waals surface area contributed by atoms with Gasteiger partial charge in [0.1, 0.15) is 0 Å². The molecule has 2 aromatic carbocycles. The van der Waals surface area contributed by atoms with E-state index in [1.807, 2.05) is 47.4 Å². The van der Waals surface area contributed by atoms with Crippen molar-refractivity contribution in [3.05, 3.63) is 76.5 Å². The second-order valence-electron chi connectivity index (χ2n) is 6.93. The van der Waals surface area contributed by atoms with Gasteiger partial charge in [-0.15, -0.1) is 11.3 Å². The van der Waals surface area contributed by atoms with Crippen molar-refractivity contribution in [2.24, 2.45) is 0 Å². The van der Waals surface area contributed by atoms with Crippen molar-refractivity contribution in [2.75, 3.05) is 11.9 Å². The second-order valence-corrected chi connectivity index (χ2v) is 7.93. The largest absolute Gasteiger partial charge is 0.338 e. The van der Waals surface area contributed by atoms with Crippen molar-refractivity contribution in [1.29, 1.82) is 0 Å². The molecule has 0 bridgehead atoms. The zero-order valence-electron chi connectivity index (χ0n) is 15.6. The van der Waals surface area contributed by atoms with Crippen LogP contribution in [-0.2, 0) is 22.6 Å². The molecule has 4 nitrogen and oxygen atoms in total. The number of hydrogen-bond donors (Lipinski definition) is 1. The molecule has 0 radical (unpaired) electrons. The van der Waals surface area contributed by atoms with Crippen molar-refractivity contribution in [3.63, 3.8) is 0 Å². The first-order valence-corrected chi connectivity index (χ1v) is 10.4. The van der Waals surface area contributed by atoms with Gasteiger partial charge in [0.15, 0.2) is 0 Å². The number of benzene rings is 2. The third kappa shape index (κ3) is 4.31. The van der Waals surface area contributed by atoms with Gasteiger partial charge in [-0.05, 0) is 46.7 Å². The monoisotopic (exact) mass is 390 g/mol. The van der Waals surface area contributed by atoms with Crippen molar-refractivity contribution < 1.29 is 9.59 Å². The van der Waals surface area contributed by atoms with Crippen molar-refractivity contribution in [1.82, 2.24) is 4.90 Å². The van der Waals surface area contributed by atoms with Crippen LogP contribution < -0.4 is 5.32 Å². The maximum atomic E-state index is 12.4. The van der Waals surface area contributed by atoms with Gasteiger partial charge in [0.2, 0.25) is 11.8 Å². The average molecular weight is 391 g/mol. The average Bonchev–Trinajstić information content (AvgIpc) is 3.21. The number of thiophene rings is 1. The number of amides is 2. The van der Waals surface area contributed by atoms with Crippen LogP contribution in [-0.4, -0.2) is 23.3 Å². The van der Waals surface area contributed by atoms with Crippen LogP contribution in [0.5, 0.6) is 0 Å². The Hall–Kier alpha value is -2.92. The SMILES string of the molecule is O=C(CCC(=O)N1CCc2sccc2C1)Nc1ccc(-c2ccccc2)cc1. The molecule has 1 aliphatic heterocycles. The van der Waals surface area contributed by atoms with Crippen LogP contribution in [0.4, 0.5) is 5.69 Å². The van der Waals surface area contributed by atoms with E-state index in [-0.39, 0.29) is 24.7 Å². The van der Waals surface area contributed by atoms with Crippen LogP contribution in [0.15, 0.2) is 66.0 Å². The molecule has 2 heterocycles. The van der Waals surface area contributed by atoms with Gasteiger partial charge in [0.05, 0.1) is 0 Å². The lowest BCUT2D eigenvalue weighted by atomic mass is 10.1. The molecule has 1 aliphatic rings. The molecule has 0 fully saturated rings. The molecule has 0 spiro atoms. The molecule has 0 saturated heterocycles. The summed E-state index contributed by atoms with van der Waals surface area (Å²) in [5.74, 6) is -0.0829. The first kappa shape index (κ1) is 18.4. The molecule has 1 aromatic heterocycles. The molecule has 4 rings (SSSR count). The minimum Gasteiger partial charge on any atom is -0.338 e. The van der Waals surface area contributed by atoms with Crippen molar-refractivity contribution >= 4 is 28.8 Å². The minimum absolute atomic E-state index is 0.0476. The maximum absolute atomic E-state index is 12.4. The number of carbonyl (C=O) groups is 2. The van der Waals surface area contributed by atoms with E-state index in [4.69, 9.17) is 0 Å². The van der Waals surface area contributed by atoms with Gasteiger partial charge in [0.25, 0.3) is 0 Å². The molecule has 0 saturated carbocycles. The Morgan fingerprint density at radius 3 is 2.46 bits per heavy atom. The summed E-state index contributed by atoms with van der Waals surface area (Å²) in [5, 5.41) is 4.96. The molecular weight excluding hydrogens is 368 g/mol. The summed E-state index contributed by atoms with van der Waals surface area (Å²) in [4.78, 5) is 27.9. The zero-order valence-corrected chi connectivity index (χ0v) is 16.4. The molecular formula is C23H22N2O2S. The molecule has 28 heavy (non-hydrogen) atoms. The highest BCUT2D eigenvalue weighted by Crippen LogP contribution is 2.25.